The molecule has 1 aromatic carbocycles. The number of hydrogen-bond acceptors (Lipinski definition) is 2. The first-order valence-corrected chi connectivity index (χ1v) is 5.24. The topological polar surface area (TPSA) is 26.3 Å². The minimum Gasteiger partial charge on any atom is -0.435 e. The van der Waals surface area contributed by atoms with E-state index in [1.165, 1.54) is 13.2 Å². The minimum absolute atomic E-state index is 0.328. The van der Waals surface area contributed by atoms with Crippen LogP contribution < -0.4 is 0 Å². The third-order valence-electron chi connectivity index (χ3n) is 1.57. The van der Waals surface area contributed by atoms with Gasteiger partial charge in [0.05, 0.1) is 6.26 Å². The zero-order chi connectivity index (χ0) is 11.1. The fraction of sp³-hybridized carbons (Fsp3) is 0.0833. The predicted molar refractivity (Wildman–Crippen MR) is 64.3 cm³/mol. The van der Waals surface area contributed by atoms with Crippen molar-refractivity contribution in [2.24, 2.45) is 0 Å². The van der Waals surface area contributed by atoms with Gasteiger partial charge in [-0.1, -0.05) is 46.3 Å². The predicted octanol–water partition coefficient (Wildman–Crippen LogP) is 3.50. The van der Waals surface area contributed by atoms with E-state index in [1.807, 2.05) is 36.4 Å². The number of rotatable bonds is 3. The zero-order valence-corrected chi connectivity index (χ0v) is 9.90. The molecule has 0 heterocycles. The molecule has 0 aliphatic rings. The Morgan fingerprint density at radius 1 is 1.33 bits per heavy atom. The van der Waals surface area contributed by atoms with Gasteiger partial charge in [-0.05, 0) is 17.7 Å². The first kappa shape index (κ1) is 11.7. The maximum Gasteiger partial charge on any atom is 0.307 e. The summed E-state index contributed by atoms with van der Waals surface area (Å²) in [6.45, 7) is 1.36. The van der Waals surface area contributed by atoms with Crippen LogP contribution in [0.15, 0.2) is 47.2 Å². The van der Waals surface area contributed by atoms with Crippen molar-refractivity contribution in [3.05, 3.63) is 52.7 Å². The van der Waals surface area contributed by atoms with E-state index in [-0.39, 0.29) is 5.97 Å². The Morgan fingerprint density at radius 2 is 2.00 bits per heavy atom. The van der Waals surface area contributed by atoms with Gasteiger partial charge >= 0.3 is 5.97 Å². The Bertz CT molecular complexity index is 380. The molecular weight excluding hydrogens is 256 g/mol. The molecule has 0 unspecified atom stereocenters. The van der Waals surface area contributed by atoms with Crippen LogP contribution in [0.25, 0.3) is 6.08 Å². The average Bonchev–Trinajstić information content (AvgIpc) is 2.18. The highest BCUT2D eigenvalue weighted by atomic mass is 79.9. The summed E-state index contributed by atoms with van der Waals surface area (Å²) < 4.78 is 5.50. The molecule has 0 fully saturated rings. The summed E-state index contributed by atoms with van der Waals surface area (Å²) in [7, 11) is 0. The van der Waals surface area contributed by atoms with Crippen molar-refractivity contribution in [3.63, 3.8) is 0 Å². The van der Waals surface area contributed by atoms with Gasteiger partial charge in [-0.15, -0.1) is 0 Å². The van der Waals surface area contributed by atoms with Gasteiger partial charge in [0.1, 0.15) is 0 Å². The van der Waals surface area contributed by atoms with Crippen molar-refractivity contribution in [2.45, 2.75) is 6.92 Å². The largest absolute Gasteiger partial charge is 0.435 e. The summed E-state index contributed by atoms with van der Waals surface area (Å²) in [6.07, 6.45) is 4.96. The molecule has 0 saturated heterocycles. The lowest BCUT2D eigenvalue weighted by atomic mass is 10.2. The second-order valence-electron chi connectivity index (χ2n) is 2.85. The summed E-state index contributed by atoms with van der Waals surface area (Å²) in [5.41, 5.74) is 1.08. The van der Waals surface area contributed by atoms with Crippen LogP contribution in [0.2, 0.25) is 0 Å². The number of benzene rings is 1. The monoisotopic (exact) mass is 266 g/mol. The van der Waals surface area contributed by atoms with Gasteiger partial charge in [-0.25, -0.2) is 0 Å². The summed E-state index contributed by atoms with van der Waals surface area (Å²) in [4.78, 5) is 10.5. The summed E-state index contributed by atoms with van der Waals surface area (Å²) in [5.74, 6) is -0.328. The highest BCUT2D eigenvalue weighted by molar-refractivity contribution is 9.12. The van der Waals surface area contributed by atoms with Crippen molar-refractivity contribution in [1.29, 1.82) is 0 Å². The molecule has 0 aromatic heterocycles. The number of allylic oxidation sites excluding steroid dienone is 2. The van der Waals surface area contributed by atoms with E-state index >= 15 is 0 Å². The Morgan fingerprint density at radius 3 is 2.60 bits per heavy atom. The quantitative estimate of drug-likeness (QED) is 0.476. The molecule has 1 rings (SSSR count). The number of halogens is 1. The zero-order valence-electron chi connectivity index (χ0n) is 8.31. The molecule has 1 aromatic rings. The maximum absolute atomic E-state index is 10.5. The molecule has 0 spiro atoms. The normalized spacial score (nSPS) is 11.7. The third kappa shape index (κ3) is 5.18. The molecule has 78 valence electrons. The lowest BCUT2D eigenvalue weighted by Gasteiger charge is -1.93. The Kier molecular flexibility index (Phi) is 4.84. The van der Waals surface area contributed by atoms with Gasteiger partial charge in [0, 0.05) is 11.4 Å². The van der Waals surface area contributed by atoms with Crippen LogP contribution in [0.4, 0.5) is 0 Å². The fourth-order valence-corrected chi connectivity index (χ4v) is 1.32. The van der Waals surface area contributed by atoms with E-state index in [2.05, 4.69) is 20.7 Å². The van der Waals surface area contributed by atoms with Crippen molar-refractivity contribution < 1.29 is 9.53 Å². The van der Waals surface area contributed by atoms with E-state index in [9.17, 15) is 4.79 Å². The van der Waals surface area contributed by atoms with E-state index in [1.54, 1.807) is 6.08 Å². The minimum atomic E-state index is -0.328. The average molecular weight is 267 g/mol. The molecule has 0 aliphatic heterocycles. The summed E-state index contributed by atoms with van der Waals surface area (Å²) in [6, 6.07) is 9.85. The number of ether oxygens (including phenoxy) is 1. The molecule has 0 radical (unpaired) electrons. The van der Waals surface area contributed by atoms with Crippen LogP contribution in [-0.2, 0) is 9.53 Å². The van der Waals surface area contributed by atoms with Crippen LogP contribution in [0.5, 0.6) is 0 Å². The maximum atomic E-state index is 10.5. The van der Waals surface area contributed by atoms with E-state index in [0.717, 1.165) is 10.0 Å². The number of carbonyl (C=O) groups excluding carboxylic acids is 1. The smallest absolute Gasteiger partial charge is 0.307 e. The van der Waals surface area contributed by atoms with Crippen LogP contribution in [0, 0.1) is 0 Å². The number of hydrogen-bond donors (Lipinski definition) is 0. The summed E-state index contributed by atoms with van der Waals surface area (Å²) in [5, 5.41) is 0. The van der Waals surface area contributed by atoms with Crippen molar-refractivity contribution >= 4 is 28.0 Å². The SMILES string of the molecule is CC(=O)O/C=C/C(Br)=C/c1ccccc1. The molecule has 0 N–H and O–H groups in total. The van der Waals surface area contributed by atoms with Crippen molar-refractivity contribution in [1.82, 2.24) is 0 Å². The second-order valence-corrected chi connectivity index (χ2v) is 3.77. The van der Waals surface area contributed by atoms with Crippen molar-refractivity contribution in [3.8, 4) is 0 Å². The lowest BCUT2D eigenvalue weighted by Crippen LogP contribution is -1.88. The molecule has 0 bridgehead atoms. The summed E-state index contributed by atoms with van der Waals surface area (Å²) >= 11 is 3.35. The van der Waals surface area contributed by atoms with Gasteiger partial charge in [-0.3, -0.25) is 4.79 Å². The molecule has 0 atom stereocenters. The first-order chi connectivity index (χ1) is 7.18. The van der Waals surface area contributed by atoms with Crippen LogP contribution in [0.3, 0.4) is 0 Å². The molecular formula is C12H11BrO2. The van der Waals surface area contributed by atoms with Crippen LogP contribution in [-0.4, -0.2) is 5.97 Å². The molecule has 0 saturated carbocycles. The van der Waals surface area contributed by atoms with Crippen LogP contribution >= 0.6 is 15.9 Å². The van der Waals surface area contributed by atoms with Crippen molar-refractivity contribution in [2.75, 3.05) is 0 Å². The molecule has 0 amide bonds. The van der Waals surface area contributed by atoms with Gasteiger partial charge in [0.25, 0.3) is 0 Å². The standard InChI is InChI=1S/C12H11BrO2/c1-10(14)15-8-7-12(13)9-11-5-3-2-4-6-11/h2-9H,1H3/b8-7+,12-9-. The van der Waals surface area contributed by atoms with Gasteiger partial charge in [0.2, 0.25) is 0 Å². The van der Waals surface area contributed by atoms with E-state index in [0.29, 0.717) is 0 Å². The van der Waals surface area contributed by atoms with Crippen LogP contribution in [0.1, 0.15) is 12.5 Å². The Labute approximate surface area is 97.4 Å². The third-order valence-corrected chi connectivity index (χ3v) is 2.06. The fourth-order valence-electron chi connectivity index (χ4n) is 0.951. The molecule has 2 nitrogen and oxygen atoms in total. The molecule has 15 heavy (non-hydrogen) atoms. The van der Waals surface area contributed by atoms with Gasteiger partial charge < -0.3 is 4.74 Å². The van der Waals surface area contributed by atoms with E-state index < -0.39 is 0 Å². The van der Waals surface area contributed by atoms with Gasteiger partial charge in [-0.2, -0.15) is 0 Å². The molecule has 0 aliphatic carbocycles. The van der Waals surface area contributed by atoms with Gasteiger partial charge in [0.15, 0.2) is 0 Å². The first-order valence-electron chi connectivity index (χ1n) is 4.44. The Balaban J connectivity index is 2.61. The van der Waals surface area contributed by atoms with E-state index in [4.69, 9.17) is 0 Å². The highest BCUT2D eigenvalue weighted by Crippen LogP contribution is 2.13. The highest BCUT2D eigenvalue weighted by Gasteiger charge is 1.89. The number of esters is 1. The Hall–Kier alpha value is -1.35. The number of carbonyl (C=O) groups is 1. The molecule has 3 heteroatoms. The second kappa shape index (κ2) is 6.19. The lowest BCUT2D eigenvalue weighted by molar-refractivity contribution is -0.135.